The molecule has 1 nitrogen and oxygen atoms in total. The molecule has 2 aliphatic rings. The van der Waals surface area contributed by atoms with Gasteiger partial charge in [-0.05, 0) is 31.1 Å². The summed E-state index contributed by atoms with van der Waals surface area (Å²) in [6.45, 7) is 0. The number of aliphatic hydroxyl groups is 1. The SMILES string of the molecule is O[C@H]1C[C@@H]2CC(F)(F)CC[C@H]2C1. The second-order valence-electron chi connectivity index (χ2n) is 4.24. The number of aliphatic hydroxyl groups excluding tert-OH is 1. The van der Waals surface area contributed by atoms with Crippen LogP contribution in [0.4, 0.5) is 8.78 Å². The average Bonchev–Trinajstić information content (AvgIpc) is 2.26. The number of hydrogen-bond donors (Lipinski definition) is 1. The molecule has 0 aliphatic heterocycles. The monoisotopic (exact) mass is 176 g/mol. The quantitative estimate of drug-likeness (QED) is 0.599. The Morgan fingerprint density at radius 3 is 2.58 bits per heavy atom. The van der Waals surface area contributed by atoms with Gasteiger partial charge in [0.15, 0.2) is 0 Å². The van der Waals surface area contributed by atoms with Gasteiger partial charge in [0, 0.05) is 12.8 Å². The molecule has 0 spiro atoms. The van der Waals surface area contributed by atoms with Crippen LogP contribution in [0.15, 0.2) is 0 Å². The van der Waals surface area contributed by atoms with Gasteiger partial charge in [-0.15, -0.1) is 0 Å². The van der Waals surface area contributed by atoms with Crippen LogP contribution in [-0.4, -0.2) is 17.1 Å². The molecule has 0 radical (unpaired) electrons. The number of halogens is 2. The smallest absolute Gasteiger partial charge is 0.248 e. The Balaban J connectivity index is 2.02. The summed E-state index contributed by atoms with van der Waals surface area (Å²) in [5.74, 6) is -1.99. The highest BCUT2D eigenvalue weighted by molar-refractivity contribution is 4.91. The van der Waals surface area contributed by atoms with Crippen molar-refractivity contribution in [3.05, 3.63) is 0 Å². The molecular formula is C9H14F2O. The van der Waals surface area contributed by atoms with Crippen molar-refractivity contribution in [2.24, 2.45) is 11.8 Å². The molecule has 3 heteroatoms. The summed E-state index contributed by atoms with van der Waals surface area (Å²) in [7, 11) is 0. The molecule has 0 heterocycles. The van der Waals surface area contributed by atoms with Gasteiger partial charge < -0.3 is 5.11 Å². The lowest BCUT2D eigenvalue weighted by molar-refractivity contribution is -0.0635. The van der Waals surface area contributed by atoms with E-state index in [1.54, 1.807) is 0 Å². The topological polar surface area (TPSA) is 20.2 Å². The predicted molar refractivity (Wildman–Crippen MR) is 41.0 cm³/mol. The van der Waals surface area contributed by atoms with Crippen LogP contribution in [0.2, 0.25) is 0 Å². The second kappa shape index (κ2) is 2.66. The van der Waals surface area contributed by atoms with E-state index in [1.165, 1.54) is 0 Å². The third kappa shape index (κ3) is 1.47. The van der Waals surface area contributed by atoms with Gasteiger partial charge in [-0.1, -0.05) is 0 Å². The molecule has 12 heavy (non-hydrogen) atoms. The van der Waals surface area contributed by atoms with E-state index in [-0.39, 0.29) is 24.9 Å². The van der Waals surface area contributed by atoms with Crippen LogP contribution in [0, 0.1) is 11.8 Å². The van der Waals surface area contributed by atoms with Crippen LogP contribution in [0.5, 0.6) is 0 Å². The summed E-state index contributed by atoms with van der Waals surface area (Å²) in [4.78, 5) is 0. The first-order valence-corrected chi connectivity index (χ1v) is 4.63. The highest BCUT2D eigenvalue weighted by Crippen LogP contribution is 2.47. The minimum absolute atomic E-state index is 0.00866. The van der Waals surface area contributed by atoms with Gasteiger partial charge in [-0.25, -0.2) is 8.78 Å². The standard InChI is InChI=1S/C9H14F2O/c10-9(11)2-1-6-3-8(12)4-7(6)5-9/h6-8,12H,1-5H2/t6-,7+,8+/m0/s1. The van der Waals surface area contributed by atoms with E-state index in [4.69, 9.17) is 0 Å². The Morgan fingerprint density at radius 1 is 1.17 bits per heavy atom. The highest BCUT2D eigenvalue weighted by atomic mass is 19.3. The van der Waals surface area contributed by atoms with Crippen LogP contribution >= 0.6 is 0 Å². The zero-order chi connectivity index (χ0) is 8.77. The highest BCUT2D eigenvalue weighted by Gasteiger charge is 2.45. The van der Waals surface area contributed by atoms with Gasteiger partial charge >= 0.3 is 0 Å². The Morgan fingerprint density at radius 2 is 1.83 bits per heavy atom. The number of rotatable bonds is 0. The molecule has 2 rings (SSSR count). The van der Waals surface area contributed by atoms with Crippen LogP contribution in [0.3, 0.4) is 0 Å². The fourth-order valence-corrected chi connectivity index (χ4v) is 2.67. The Bertz CT molecular complexity index is 181. The first-order chi connectivity index (χ1) is 5.57. The minimum Gasteiger partial charge on any atom is -0.393 e. The lowest BCUT2D eigenvalue weighted by atomic mass is 9.80. The van der Waals surface area contributed by atoms with E-state index in [2.05, 4.69) is 0 Å². The van der Waals surface area contributed by atoms with Gasteiger partial charge in [0.2, 0.25) is 5.92 Å². The fraction of sp³-hybridized carbons (Fsp3) is 1.00. The van der Waals surface area contributed by atoms with Crippen molar-refractivity contribution in [3.63, 3.8) is 0 Å². The molecule has 0 aromatic heterocycles. The number of fused-ring (bicyclic) bond motifs is 1. The van der Waals surface area contributed by atoms with Crippen LogP contribution in [-0.2, 0) is 0 Å². The molecule has 0 aromatic carbocycles. The summed E-state index contributed by atoms with van der Waals surface area (Å²) >= 11 is 0. The maximum atomic E-state index is 12.9. The van der Waals surface area contributed by atoms with Crippen molar-refractivity contribution in [1.82, 2.24) is 0 Å². The molecule has 0 aromatic rings. The lowest BCUT2D eigenvalue weighted by Crippen LogP contribution is -2.29. The molecule has 0 saturated heterocycles. The van der Waals surface area contributed by atoms with Crippen LogP contribution < -0.4 is 0 Å². The largest absolute Gasteiger partial charge is 0.393 e. The summed E-state index contributed by atoms with van der Waals surface area (Å²) < 4.78 is 25.8. The average molecular weight is 176 g/mol. The third-order valence-electron chi connectivity index (χ3n) is 3.26. The van der Waals surface area contributed by atoms with Gasteiger partial charge in [0.05, 0.1) is 6.10 Å². The molecule has 0 bridgehead atoms. The molecule has 1 N–H and O–H groups in total. The van der Waals surface area contributed by atoms with E-state index in [1.807, 2.05) is 0 Å². The predicted octanol–water partition coefficient (Wildman–Crippen LogP) is 2.19. The number of hydrogen-bond acceptors (Lipinski definition) is 1. The Hall–Kier alpha value is -0.180. The molecule has 3 atom stereocenters. The van der Waals surface area contributed by atoms with E-state index in [0.717, 1.165) is 6.42 Å². The van der Waals surface area contributed by atoms with Gasteiger partial charge in [-0.3, -0.25) is 0 Å². The second-order valence-corrected chi connectivity index (χ2v) is 4.24. The van der Waals surface area contributed by atoms with E-state index < -0.39 is 5.92 Å². The maximum absolute atomic E-state index is 12.9. The molecule has 70 valence electrons. The molecule has 2 saturated carbocycles. The maximum Gasteiger partial charge on any atom is 0.248 e. The Kier molecular flexibility index (Phi) is 1.86. The van der Waals surface area contributed by atoms with Crippen molar-refractivity contribution >= 4 is 0 Å². The summed E-state index contributed by atoms with van der Waals surface area (Å²) in [5, 5.41) is 9.29. The third-order valence-corrected chi connectivity index (χ3v) is 3.26. The molecule has 0 unspecified atom stereocenters. The first kappa shape index (κ1) is 8.42. The van der Waals surface area contributed by atoms with E-state index in [9.17, 15) is 13.9 Å². The zero-order valence-electron chi connectivity index (χ0n) is 6.97. The fourth-order valence-electron chi connectivity index (χ4n) is 2.67. The molecule has 2 aliphatic carbocycles. The Labute approximate surface area is 70.8 Å². The summed E-state index contributed by atoms with van der Waals surface area (Å²) in [6.07, 6.45) is 1.68. The molecular weight excluding hydrogens is 162 g/mol. The van der Waals surface area contributed by atoms with Crippen LogP contribution in [0.1, 0.15) is 32.1 Å². The van der Waals surface area contributed by atoms with Crippen molar-refractivity contribution < 1.29 is 13.9 Å². The lowest BCUT2D eigenvalue weighted by Gasteiger charge is -2.31. The normalized spacial score (nSPS) is 45.8. The van der Waals surface area contributed by atoms with Gasteiger partial charge in [0.1, 0.15) is 0 Å². The van der Waals surface area contributed by atoms with Gasteiger partial charge in [-0.2, -0.15) is 0 Å². The van der Waals surface area contributed by atoms with Crippen molar-refractivity contribution in [3.8, 4) is 0 Å². The first-order valence-electron chi connectivity index (χ1n) is 4.63. The van der Waals surface area contributed by atoms with E-state index >= 15 is 0 Å². The molecule has 0 amide bonds. The van der Waals surface area contributed by atoms with E-state index in [0.29, 0.717) is 18.8 Å². The summed E-state index contributed by atoms with van der Waals surface area (Å²) in [5.41, 5.74) is 0. The van der Waals surface area contributed by atoms with Gasteiger partial charge in [0.25, 0.3) is 0 Å². The van der Waals surface area contributed by atoms with Crippen LogP contribution in [0.25, 0.3) is 0 Å². The van der Waals surface area contributed by atoms with Crippen molar-refractivity contribution in [2.45, 2.75) is 44.1 Å². The minimum atomic E-state index is -2.45. The zero-order valence-corrected chi connectivity index (χ0v) is 6.97. The van der Waals surface area contributed by atoms with Crippen molar-refractivity contribution in [2.75, 3.05) is 0 Å². The summed E-state index contributed by atoms with van der Waals surface area (Å²) in [6, 6.07) is 0. The number of alkyl halides is 2. The molecule has 2 fully saturated rings. The van der Waals surface area contributed by atoms with Crippen molar-refractivity contribution in [1.29, 1.82) is 0 Å².